The Labute approximate surface area is 114 Å². The van der Waals surface area contributed by atoms with Gasteiger partial charge in [0.15, 0.2) is 11.5 Å². The van der Waals surface area contributed by atoms with Crippen molar-refractivity contribution in [3.05, 3.63) is 35.9 Å². The van der Waals surface area contributed by atoms with Gasteiger partial charge in [-0.25, -0.2) is 0 Å². The van der Waals surface area contributed by atoms with Crippen LogP contribution in [0.2, 0.25) is 0 Å². The molecule has 0 amide bonds. The monoisotopic (exact) mass is 259 g/mol. The van der Waals surface area contributed by atoms with Gasteiger partial charge in [-0.2, -0.15) is 0 Å². The highest BCUT2D eigenvalue weighted by atomic mass is 16.5. The Morgan fingerprint density at radius 3 is 2.74 bits per heavy atom. The van der Waals surface area contributed by atoms with Crippen molar-refractivity contribution in [2.24, 2.45) is 0 Å². The van der Waals surface area contributed by atoms with E-state index in [-0.39, 0.29) is 5.54 Å². The zero-order valence-electron chi connectivity index (χ0n) is 11.7. The minimum atomic E-state index is 0.149. The number of nitrogens with zero attached hydrogens (tertiary/aromatic N) is 1. The van der Waals surface area contributed by atoms with Crippen LogP contribution in [0.1, 0.15) is 24.8 Å². The Morgan fingerprint density at radius 2 is 2.00 bits per heavy atom. The van der Waals surface area contributed by atoms with E-state index in [0.717, 1.165) is 24.5 Å². The maximum absolute atomic E-state index is 5.44. The first-order valence-electron chi connectivity index (χ1n) is 6.84. The van der Waals surface area contributed by atoms with Crippen molar-refractivity contribution >= 4 is 0 Å². The number of rotatable bonds is 3. The number of hydrogen-bond donors (Lipinski definition) is 0. The van der Waals surface area contributed by atoms with Gasteiger partial charge in [-0.3, -0.25) is 4.90 Å². The molecular weight excluding hydrogens is 238 g/mol. The molecule has 2 aliphatic heterocycles. The molecular formula is C16H21NO2. The number of fused-ring (bicyclic) bond motifs is 1. The summed E-state index contributed by atoms with van der Waals surface area (Å²) in [6.07, 6.45) is 3.55. The topological polar surface area (TPSA) is 21.7 Å². The molecule has 1 aromatic rings. The molecule has 2 saturated heterocycles. The van der Waals surface area contributed by atoms with Gasteiger partial charge in [0.25, 0.3) is 0 Å². The normalized spacial score (nSPS) is 26.5. The Bertz CT molecular complexity index is 511. The average Bonchev–Trinajstić information content (AvgIpc) is 2.94. The molecule has 2 aliphatic rings. The molecule has 0 saturated carbocycles. The molecule has 2 heterocycles. The van der Waals surface area contributed by atoms with Crippen LogP contribution in [-0.2, 0) is 5.54 Å². The molecule has 0 bridgehead atoms. The van der Waals surface area contributed by atoms with E-state index in [4.69, 9.17) is 9.47 Å². The third-order valence-electron chi connectivity index (χ3n) is 4.50. The summed E-state index contributed by atoms with van der Waals surface area (Å²) in [5.74, 6) is 1.61. The Balaban J connectivity index is 2.03. The van der Waals surface area contributed by atoms with Gasteiger partial charge in [0, 0.05) is 6.54 Å². The molecule has 1 atom stereocenters. The highest BCUT2D eigenvalue weighted by Crippen LogP contribution is 2.49. The van der Waals surface area contributed by atoms with Gasteiger partial charge in [0.1, 0.15) is 0 Å². The molecule has 1 unspecified atom stereocenters. The van der Waals surface area contributed by atoms with Gasteiger partial charge >= 0.3 is 0 Å². The van der Waals surface area contributed by atoms with Crippen LogP contribution in [-0.4, -0.2) is 32.2 Å². The van der Waals surface area contributed by atoms with Crippen LogP contribution in [0, 0.1) is 0 Å². The van der Waals surface area contributed by atoms with Gasteiger partial charge in [-0.05, 0) is 43.5 Å². The minimum absolute atomic E-state index is 0.149. The van der Waals surface area contributed by atoms with Crippen molar-refractivity contribution in [3.63, 3.8) is 0 Å². The molecule has 19 heavy (non-hydrogen) atoms. The van der Waals surface area contributed by atoms with Gasteiger partial charge in [-0.15, -0.1) is 0 Å². The summed E-state index contributed by atoms with van der Waals surface area (Å²) < 4.78 is 10.8. The number of ether oxygens (including phenoxy) is 2. The first-order chi connectivity index (χ1) is 9.19. The summed E-state index contributed by atoms with van der Waals surface area (Å²) >= 11 is 0. The van der Waals surface area contributed by atoms with E-state index in [2.05, 4.69) is 23.6 Å². The van der Waals surface area contributed by atoms with E-state index in [1.54, 1.807) is 14.2 Å². The minimum Gasteiger partial charge on any atom is -0.493 e. The molecule has 0 N–H and O–H groups in total. The fraction of sp³-hybridized carbons (Fsp3) is 0.500. The van der Waals surface area contributed by atoms with Crippen molar-refractivity contribution < 1.29 is 9.47 Å². The Hall–Kier alpha value is -1.48. The third kappa shape index (κ3) is 1.84. The summed E-state index contributed by atoms with van der Waals surface area (Å²) in [6.45, 7) is 6.40. The average molecular weight is 259 g/mol. The fourth-order valence-corrected chi connectivity index (χ4v) is 3.66. The van der Waals surface area contributed by atoms with Gasteiger partial charge in [0.05, 0.1) is 19.8 Å². The fourth-order valence-electron chi connectivity index (χ4n) is 3.66. The van der Waals surface area contributed by atoms with Crippen molar-refractivity contribution in [2.45, 2.75) is 24.8 Å². The van der Waals surface area contributed by atoms with Crippen LogP contribution < -0.4 is 9.47 Å². The van der Waals surface area contributed by atoms with Crippen molar-refractivity contribution in [1.29, 1.82) is 0 Å². The van der Waals surface area contributed by atoms with E-state index >= 15 is 0 Å². The first-order valence-corrected chi connectivity index (χ1v) is 6.84. The zero-order valence-corrected chi connectivity index (χ0v) is 11.7. The molecule has 2 fully saturated rings. The number of benzene rings is 1. The lowest BCUT2D eigenvalue weighted by Crippen LogP contribution is -2.35. The molecule has 0 spiro atoms. The largest absolute Gasteiger partial charge is 0.493 e. The Kier molecular flexibility index (Phi) is 3.02. The lowest BCUT2D eigenvalue weighted by atomic mass is 9.85. The Morgan fingerprint density at radius 1 is 1.21 bits per heavy atom. The molecule has 0 aromatic heterocycles. The SMILES string of the molecule is C=C1CN2CCCC2(c2ccc(OC)c(OC)c2)C1. The van der Waals surface area contributed by atoms with Crippen molar-refractivity contribution in [3.8, 4) is 11.5 Å². The second kappa shape index (κ2) is 4.57. The van der Waals surface area contributed by atoms with Crippen LogP contribution in [0.4, 0.5) is 0 Å². The zero-order chi connectivity index (χ0) is 13.5. The molecule has 0 radical (unpaired) electrons. The van der Waals surface area contributed by atoms with E-state index in [0.29, 0.717) is 0 Å². The van der Waals surface area contributed by atoms with E-state index in [9.17, 15) is 0 Å². The van der Waals surface area contributed by atoms with Crippen molar-refractivity contribution in [1.82, 2.24) is 4.90 Å². The van der Waals surface area contributed by atoms with E-state index in [1.807, 2.05) is 6.07 Å². The second-order valence-electron chi connectivity index (χ2n) is 5.55. The predicted octanol–water partition coefficient (Wildman–Crippen LogP) is 2.95. The summed E-state index contributed by atoms with van der Waals surface area (Å²) in [5.41, 5.74) is 2.83. The van der Waals surface area contributed by atoms with Crippen LogP contribution in [0.3, 0.4) is 0 Å². The molecule has 0 aliphatic carbocycles. The quantitative estimate of drug-likeness (QED) is 0.779. The van der Waals surface area contributed by atoms with Gasteiger partial charge in [0.2, 0.25) is 0 Å². The lowest BCUT2D eigenvalue weighted by molar-refractivity contribution is 0.196. The maximum atomic E-state index is 5.44. The summed E-state index contributed by atoms with van der Waals surface area (Å²) in [7, 11) is 3.37. The molecule has 102 valence electrons. The van der Waals surface area contributed by atoms with Gasteiger partial charge < -0.3 is 9.47 Å². The van der Waals surface area contributed by atoms with E-state index in [1.165, 1.54) is 30.5 Å². The number of methoxy groups -OCH3 is 2. The molecule has 3 rings (SSSR count). The molecule has 3 heteroatoms. The lowest BCUT2D eigenvalue weighted by Gasteiger charge is -2.32. The highest BCUT2D eigenvalue weighted by Gasteiger charge is 2.47. The summed E-state index contributed by atoms with van der Waals surface area (Å²) in [6, 6.07) is 6.33. The van der Waals surface area contributed by atoms with E-state index < -0.39 is 0 Å². The van der Waals surface area contributed by atoms with Crippen LogP contribution in [0.5, 0.6) is 11.5 Å². The van der Waals surface area contributed by atoms with Crippen LogP contribution in [0.15, 0.2) is 30.4 Å². The molecule has 3 nitrogen and oxygen atoms in total. The first kappa shape index (κ1) is 12.5. The molecule has 1 aromatic carbocycles. The second-order valence-corrected chi connectivity index (χ2v) is 5.55. The van der Waals surface area contributed by atoms with Crippen molar-refractivity contribution in [2.75, 3.05) is 27.3 Å². The maximum Gasteiger partial charge on any atom is 0.161 e. The summed E-state index contributed by atoms with van der Waals surface area (Å²) in [5, 5.41) is 0. The highest BCUT2D eigenvalue weighted by molar-refractivity contribution is 5.46. The summed E-state index contributed by atoms with van der Waals surface area (Å²) in [4.78, 5) is 2.57. The number of hydrogen-bond acceptors (Lipinski definition) is 3. The third-order valence-corrected chi connectivity index (χ3v) is 4.50. The smallest absolute Gasteiger partial charge is 0.161 e. The van der Waals surface area contributed by atoms with Crippen LogP contribution in [0.25, 0.3) is 0 Å². The van der Waals surface area contributed by atoms with Gasteiger partial charge in [-0.1, -0.05) is 18.2 Å². The van der Waals surface area contributed by atoms with Crippen LogP contribution >= 0.6 is 0 Å². The predicted molar refractivity (Wildman–Crippen MR) is 75.8 cm³/mol. The standard InChI is InChI=1S/C16H21NO2/c1-12-10-16(7-4-8-17(16)11-12)13-5-6-14(18-2)15(9-13)19-3/h5-6,9H,1,4,7-8,10-11H2,2-3H3.